The molecule has 3 nitrogen and oxygen atoms in total. The van der Waals surface area contributed by atoms with Crippen LogP contribution in [-0.2, 0) is 7.05 Å². The van der Waals surface area contributed by atoms with Gasteiger partial charge in [-0.3, -0.25) is 4.68 Å². The summed E-state index contributed by atoms with van der Waals surface area (Å²) in [5, 5.41) is 9.86. The lowest BCUT2D eigenvalue weighted by molar-refractivity contribution is 0.560. The SMILES string of the molecule is CCCNC(c1cc2ccccc2s1)c1c(Cl)cnn1C. The molecule has 0 saturated carbocycles. The van der Waals surface area contributed by atoms with Crippen LogP contribution < -0.4 is 5.32 Å². The van der Waals surface area contributed by atoms with E-state index in [0.29, 0.717) is 5.02 Å². The van der Waals surface area contributed by atoms with E-state index < -0.39 is 0 Å². The summed E-state index contributed by atoms with van der Waals surface area (Å²) in [6.07, 6.45) is 2.79. The first kappa shape index (κ1) is 14.6. The van der Waals surface area contributed by atoms with Crippen LogP contribution in [0.1, 0.15) is 30.0 Å². The second-order valence-electron chi connectivity index (χ2n) is 5.08. The van der Waals surface area contributed by atoms with E-state index in [-0.39, 0.29) is 6.04 Å². The van der Waals surface area contributed by atoms with E-state index in [0.717, 1.165) is 18.7 Å². The molecule has 0 aliphatic carbocycles. The summed E-state index contributed by atoms with van der Waals surface area (Å²) in [6, 6.07) is 10.8. The zero-order chi connectivity index (χ0) is 14.8. The first-order valence-electron chi connectivity index (χ1n) is 7.10. The summed E-state index contributed by atoms with van der Waals surface area (Å²) in [5.41, 5.74) is 1.02. The Labute approximate surface area is 133 Å². The highest BCUT2D eigenvalue weighted by atomic mass is 35.5. The molecule has 0 aliphatic heterocycles. The number of aromatic nitrogens is 2. The number of nitrogens with zero attached hydrogens (tertiary/aromatic N) is 2. The minimum atomic E-state index is 0.0855. The lowest BCUT2D eigenvalue weighted by Crippen LogP contribution is -2.24. The van der Waals surface area contributed by atoms with Crippen molar-refractivity contribution in [2.45, 2.75) is 19.4 Å². The summed E-state index contributed by atoms with van der Waals surface area (Å²) in [7, 11) is 1.94. The van der Waals surface area contributed by atoms with E-state index in [2.05, 4.69) is 47.7 Å². The first-order chi connectivity index (χ1) is 10.2. The Morgan fingerprint density at radius 1 is 1.38 bits per heavy atom. The highest BCUT2D eigenvalue weighted by Crippen LogP contribution is 2.35. The van der Waals surface area contributed by atoms with Crippen LogP contribution in [0, 0.1) is 0 Å². The Kier molecular flexibility index (Phi) is 4.29. The normalized spacial score (nSPS) is 12.9. The molecule has 0 saturated heterocycles. The number of rotatable bonds is 5. The van der Waals surface area contributed by atoms with Crippen LogP contribution in [0.5, 0.6) is 0 Å². The highest BCUT2D eigenvalue weighted by Gasteiger charge is 2.22. The van der Waals surface area contributed by atoms with Crippen molar-refractivity contribution in [3.63, 3.8) is 0 Å². The molecule has 3 rings (SSSR count). The molecule has 1 aromatic carbocycles. The smallest absolute Gasteiger partial charge is 0.0857 e. The van der Waals surface area contributed by atoms with Gasteiger partial charge in [-0.15, -0.1) is 11.3 Å². The van der Waals surface area contributed by atoms with Crippen LogP contribution in [0.3, 0.4) is 0 Å². The Morgan fingerprint density at radius 3 is 2.86 bits per heavy atom. The molecule has 0 bridgehead atoms. The maximum atomic E-state index is 6.35. The fourth-order valence-electron chi connectivity index (χ4n) is 2.51. The first-order valence-corrected chi connectivity index (χ1v) is 8.29. The van der Waals surface area contributed by atoms with Crippen molar-refractivity contribution in [1.29, 1.82) is 0 Å². The van der Waals surface area contributed by atoms with Crippen molar-refractivity contribution in [2.75, 3.05) is 6.54 Å². The summed E-state index contributed by atoms with van der Waals surface area (Å²) in [5.74, 6) is 0. The van der Waals surface area contributed by atoms with Crippen molar-refractivity contribution in [2.24, 2.45) is 7.05 Å². The zero-order valence-corrected chi connectivity index (χ0v) is 13.7. The van der Waals surface area contributed by atoms with E-state index in [1.165, 1.54) is 15.0 Å². The number of benzene rings is 1. The lowest BCUT2D eigenvalue weighted by Gasteiger charge is -2.18. The fraction of sp³-hybridized carbons (Fsp3) is 0.312. The standard InChI is InChI=1S/C16H18ClN3S/c1-3-8-18-15(16-12(17)10-19-20(16)2)14-9-11-6-4-5-7-13(11)21-14/h4-7,9-10,15,18H,3,8H2,1-2H3. The third kappa shape index (κ3) is 2.84. The molecule has 0 amide bonds. The van der Waals surface area contributed by atoms with Gasteiger partial charge in [-0.25, -0.2) is 0 Å². The minimum absolute atomic E-state index is 0.0855. The Bertz CT molecular complexity index is 694. The van der Waals surface area contributed by atoms with E-state index >= 15 is 0 Å². The zero-order valence-electron chi connectivity index (χ0n) is 12.1. The highest BCUT2D eigenvalue weighted by molar-refractivity contribution is 7.19. The van der Waals surface area contributed by atoms with Crippen LogP contribution in [0.25, 0.3) is 10.1 Å². The molecule has 1 N–H and O–H groups in total. The van der Waals surface area contributed by atoms with E-state index in [1.54, 1.807) is 6.20 Å². The van der Waals surface area contributed by atoms with Crippen LogP contribution in [0.4, 0.5) is 0 Å². The summed E-state index contributed by atoms with van der Waals surface area (Å²) in [4.78, 5) is 1.27. The van der Waals surface area contributed by atoms with Gasteiger partial charge in [0.15, 0.2) is 0 Å². The third-order valence-corrected chi connectivity index (χ3v) is 5.01. The molecule has 3 aromatic rings. The van der Waals surface area contributed by atoms with Gasteiger partial charge in [0.25, 0.3) is 0 Å². The molecule has 0 aliphatic rings. The molecule has 0 radical (unpaired) electrons. The van der Waals surface area contributed by atoms with Crippen molar-refractivity contribution >= 4 is 33.0 Å². The largest absolute Gasteiger partial charge is 0.304 e. The third-order valence-electron chi connectivity index (χ3n) is 3.54. The van der Waals surface area contributed by atoms with Gasteiger partial charge < -0.3 is 5.32 Å². The lowest BCUT2D eigenvalue weighted by atomic mass is 10.1. The molecule has 1 unspecified atom stereocenters. The van der Waals surface area contributed by atoms with Gasteiger partial charge in [0, 0.05) is 16.6 Å². The quantitative estimate of drug-likeness (QED) is 0.756. The van der Waals surface area contributed by atoms with Crippen LogP contribution in [-0.4, -0.2) is 16.3 Å². The number of aryl methyl sites for hydroxylation is 1. The number of fused-ring (bicyclic) bond motifs is 1. The minimum Gasteiger partial charge on any atom is -0.304 e. The van der Waals surface area contributed by atoms with Crippen molar-refractivity contribution in [3.8, 4) is 0 Å². The van der Waals surface area contributed by atoms with Crippen LogP contribution in [0.2, 0.25) is 5.02 Å². The maximum Gasteiger partial charge on any atom is 0.0857 e. The predicted octanol–water partition coefficient (Wildman–Crippen LogP) is 4.38. The predicted molar refractivity (Wildman–Crippen MR) is 90.2 cm³/mol. The van der Waals surface area contributed by atoms with Crippen molar-refractivity contribution in [1.82, 2.24) is 15.1 Å². The Hall–Kier alpha value is -1.36. The van der Waals surface area contributed by atoms with Gasteiger partial charge in [0.2, 0.25) is 0 Å². The van der Waals surface area contributed by atoms with Gasteiger partial charge >= 0.3 is 0 Å². The molecule has 0 fully saturated rings. The second-order valence-corrected chi connectivity index (χ2v) is 6.60. The fourth-order valence-corrected chi connectivity index (χ4v) is 3.93. The van der Waals surface area contributed by atoms with E-state index in [9.17, 15) is 0 Å². The Morgan fingerprint density at radius 2 is 2.19 bits per heavy atom. The molecule has 21 heavy (non-hydrogen) atoms. The number of halogens is 1. The number of hydrogen-bond acceptors (Lipinski definition) is 3. The topological polar surface area (TPSA) is 29.9 Å². The molecule has 5 heteroatoms. The van der Waals surface area contributed by atoms with Gasteiger partial charge in [-0.05, 0) is 30.5 Å². The van der Waals surface area contributed by atoms with Crippen LogP contribution >= 0.6 is 22.9 Å². The van der Waals surface area contributed by atoms with Crippen molar-refractivity contribution < 1.29 is 0 Å². The maximum absolute atomic E-state index is 6.35. The summed E-state index contributed by atoms with van der Waals surface area (Å²) < 4.78 is 3.16. The number of nitrogens with one attached hydrogen (secondary N) is 1. The monoisotopic (exact) mass is 319 g/mol. The molecule has 1 atom stereocenters. The van der Waals surface area contributed by atoms with Crippen molar-refractivity contribution in [3.05, 3.63) is 52.1 Å². The average Bonchev–Trinajstić information content (AvgIpc) is 3.05. The van der Waals surface area contributed by atoms with Gasteiger partial charge in [-0.2, -0.15) is 5.10 Å². The number of thiophene rings is 1. The van der Waals surface area contributed by atoms with E-state index in [1.807, 2.05) is 23.1 Å². The van der Waals surface area contributed by atoms with Gasteiger partial charge in [-0.1, -0.05) is 36.7 Å². The number of hydrogen-bond donors (Lipinski definition) is 1. The van der Waals surface area contributed by atoms with Crippen LogP contribution in [0.15, 0.2) is 36.5 Å². The summed E-state index contributed by atoms with van der Waals surface area (Å²) in [6.45, 7) is 3.11. The second kappa shape index (κ2) is 6.18. The molecule has 0 spiro atoms. The van der Waals surface area contributed by atoms with Gasteiger partial charge in [0.1, 0.15) is 0 Å². The average molecular weight is 320 g/mol. The Balaban J connectivity index is 2.06. The molecule has 2 aromatic heterocycles. The molecule has 2 heterocycles. The molecular formula is C16H18ClN3S. The van der Waals surface area contributed by atoms with E-state index in [4.69, 9.17) is 11.6 Å². The summed E-state index contributed by atoms with van der Waals surface area (Å²) >= 11 is 8.16. The molecule has 110 valence electrons. The molecular weight excluding hydrogens is 302 g/mol. The van der Waals surface area contributed by atoms with Gasteiger partial charge in [0.05, 0.1) is 23.0 Å².